The summed E-state index contributed by atoms with van der Waals surface area (Å²) in [5, 5.41) is 8.10. The normalized spacial score (nSPS) is 10.8. The molecule has 4 aromatic rings. The lowest BCUT2D eigenvalue weighted by molar-refractivity contribution is 1.38. The van der Waals surface area contributed by atoms with E-state index >= 15 is 0 Å². The van der Waals surface area contributed by atoms with Gasteiger partial charge < -0.3 is 10.6 Å². The van der Waals surface area contributed by atoms with Crippen LogP contribution in [0.3, 0.4) is 0 Å². The summed E-state index contributed by atoms with van der Waals surface area (Å²) in [6.07, 6.45) is 0. The molecule has 1 heterocycles. The lowest BCUT2D eigenvalue weighted by Crippen LogP contribution is -2.19. The lowest BCUT2D eigenvalue weighted by Gasteiger charge is -2.12. The van der Waals surface area contributed by atoms with Gasteiger partial charge in [0.25, 0.3) is 0 Å². The van der Waals surface area contributed by atoms with Crippen LogP contribution in [0.5, 0.6) is 0 Å². The van der Waals surface area contributed by atoms with Crippen LogP contribution in [0.2, 0.25) is 0 Å². The van der Waals surface area contributed by atoms with Gasteiger partial charge in [0, 0.05) is 16.9 Å². The summed E-state index contributed by atoms with van der Waals surface area (Å²) in [6.45, 7) is 6.27. The Morgan fingerprint density at radius 2 is 1.46 bits per heavy atom. The number of thiocarbonyl (C=S) groups is 1. The third kappa shape index (κ3) is 4.21. The van der Waals surface area contributed by atoms with E-state index in [0.717, 1.165) is 27.5 Å². The van der Waals surface area contributed by atoms with Crippen molar-refractivity contribution >= 4 is 50.3 Å². The van der Waals surface area contributed by atoms with Crippen molar-refractivity contribution in [2.24, 2.45) is 0 Å². The first-order chi connectivity index (χ1) is 13.5. The minimum absolute atomic E-state index is 0.577. The molecule has 0 aliphatic heterocycles. The number of anilines is 2. The molecule has 0 aliphatic rings. The molecule has 4 rings (SSSR count). The quantitative estimate of drug-likeness (QED) is 0.373. The van der Waals surface area contributed by atoms with Gasteiger partial charge in [0.05, 0.1) is 10.2 Å². The van der Waals surface area contributed by atoms with Crippen LogP contribution in [-0.2, 0) is 0 Å². The zero-order valence-electron chi connectivity index (χ0n) is 16.0. The largest absolute Gasteiger partial charge is 0.332 e. The first kappa shape index (κ1) is 18.6. The Bertz CT molecular complexity index is 1140. The van der Waals surface area contributed by atoms with E-state index in [-0.39, 0.29) is 0 Å². The predicted octanol–water partition coefficient (Wildman–Crippen LogP) is 6.70. The third-order valence-corrected chi connectivity index (χ3v) is 5.68. The molecule has 0 radical (unpaired) electrons. The Morgan fingerprint density at radius 1 is 0.786 bits per heavy atom. The van der Waals surface area contributed by atoms with Crippen molar-refractivity contribution in [2.45, 2.75) is 20.8 Å². The van der Waals surface area contributed by atoms with Gasteiger partial charge in [-0.1, -0.05) is 12.1 Å². The second kappa shape index (κ2) is 7.70. The van der Waals surface area contributed by atoms with Crippen molar-refractivity contribution in [1.82, 2.24) is 4.98 Å². The van der Waals surface area contributed by atoms with Crippen LogP contribution in [0.25, 0.3) is 20.8 Å². The second-order valence-corrected chi connectivity index (χ2v) is 8.46. The number of benzene rings is 3. The molecule has 1 aromatic heterocycles. The molecule has 0 saturated heterocycles. The molecule has 0 spiro atoms. The summed E-state index contributed by atoms with van der Waals surface area (Å²) in [5.74, 6) is 0. The number of rotatable bonds is 3. The van der Waals surface area contributed by atoms with E-state index in [1.54, 1.807) is 11.3 Å². The third-order valence-electron chi connectivity index (χ3n) is 4.41. The van der Waals surface area contributed by atoms with Crippen molar-refractivity contribution in [3.05, 3.63) is 77.4 Å². The van der Waals surface area contributed by atoms with E-state index in [1.165, 1.54) is 21.4 Å². The number of fused-ring (bicyclic) bond motifs is 1. The van der Waals surface area contributed by atoms with Gasteiger partial charge >= 0.3 is 0 Å². The Morgan fingerprint density at radius 3 is 2.18 bits per heavy atom. The van der Waals surface area contributed by atoms with Gasteiger partial charge in [0.15, 0.2) is 5.11 Å². The van der Waals surface area contributed by atoms with Crippen molar-refractivity contribution in [1.29, 1.82) is 0 Å². The highest BCUT2D eigenvalue weighted by atomic mass is 32.1. The van der Waals surface area contributed by atoms with E-state index in [9.17, 15) is 0 Å². The average molecular weight is 404 g/mol. The molecule has 0 bridgehead atoms. The molecule has 0 unspecified atom stereocenters. The van der Waals surface area contributed by atoms with E-state index in [2.05, 4.69) is 79.9 Å². The predicted molar refractivity (Wildman–Crippen MR) is 126 cm³/mol. The maximum absolute atomic E-state index is 5.45. The molecular formula is C23H21N3S2. The molecule has 3 nitrogen and oxygen atoms in total. The fourth-order valence-corrected chi connectivity index (χ4v) is 4.50. The Kier molecular flexibility index (Phi) is 5.11. The molecule has 0 saturated carbocycles. The summed E-state index contributed by atoms with van der Waals surface area (Å²) in [7, 11) is 0. The monoisotopic (exact) mass is 403 g/mol. The molecule has 0 atom stereocenters. The van der Waals surface area contributed by atoms with E-state index in [1.807, 2.05) is 12.1 Å². The fraction of sp³-hybridized carbons (Fsp3) is 0.130. The molecule has 140 valence electrons. The van der Waals surface area contributed by atoms with Crippen molar-refractivity contribution in [2.75, 3.05) is 10.6 Å². The molecule has 0 amide bonds. The molecule has 5 heteroatoms. The van der Waals surface area contributed by atoms with Crippen LogP contribution >= 0.6 is 23.6 Å². The zero-order chi connectivity index (χ0) is 19.7. The van der Waals surface area contributed by atoms with E-state index < -0.39 is 0 Å². The Balaban J connectivity index is 1.47. The van der Waals surface area contributed by atoms with Crippen LogP contribution in [0.1, 0.15) is 16.7 Å². The van der Waals surface area contributed by atoms with Gasteiger partial charge in [-0.2, -0.15) is 0 Å². The average Bonchev–Trinajstić information content (AvgIpc) is 3.04. The van der Waals surface area contributed by atoms with Gasteiger partial charge in [-0.05, 0) is 98.2 Å². The smallest absolute Gasteiger partial charge is 0.175 e. The van der Waals surface area contributed by atoms with Gasteiger partial charge in [0.1, 0.15) is 5.01 Å². The molecule has 3 aromatic carbocycles. The number of aryl methyl sites for hydroxylation is 3. The van der Waals surface area contributed by atoms with Crippen LogP contribution < -0.4 is 10.6 Å². The molecule has 0 fully saturated rings. The maximum atomic E-state index is 5.45. The highest BCUT2D eigenvalue weighted by Gasteiger charge is 2.07. The standard InChI is InChI=1S/C23H21N3S2/c1-14-4-9-20-21(13-14)28-22(26-20)17-5-7-18(8-6-17)24-23(27)25-19-11-15(2)10-16(3)12-19/h4-13H,1-3H3,(H2,24,25,27). The van der Waals surface area contributed by atoms with Gasteiger partial charge in [0.2, 0.25) is 0 Å². The molecule has 28 heavy (non-hydrogen) atoms. The maximum Gasteiger partial charge on any atom is 0.175 e. The van der Waals surface area contributed by atoms with E-state index in [4.69, 9.17) is 17.2 Å². The highest BCUT2D eigenvalue weighted by molar-refractivity contribution is 7.80. The minimum Gasteiger partial charge on any atom is -0.332 e. The lowest BCUT2D eigenvalue weighted by atomic mass is 10.1. The second-order valence-electron chi connectivity index (χ2n) is 7.02. The first-order valence-corrected chi connectivity index (χ1v) is 10.3. The van der Waals surface area contributed by atoms with Crippen LogP contribution in [-0.4, -0.2) is 10.1 Å². The van der Waals surface area contributed by atoms with Crippen LogP contribution in [0.4, 0.5) is 11.4 Å². The minimum atomic E-state index is 0.577. The Hall–Kier alpha value is -2.76. The van der Waals surface area contributed by atoms with Crippen LogP contribution in [0, 0.1) is 20.8 Å². The summed E-state index contributed by atoms with van der Waals surface area (Å²) >= 11 is 7.17. The topological polar surface area (TPSA) is 37.0 Å². The van der Waals surface area contributed by atoms with Crippen molar-refractivity contribution < 1.29 is 0 Å². The van der Waals surface area contributed by atoms with Crippen molar-refractivity contribution in [3.8, 4) is 10.6 Å². The fourth-order valence-electron chi connectivity index (χ4n) is 3.19. The highest BCUT2D eigenvalue weighted by Crippen LogP contribution is 2.31. The van der Waals surface area contributed by atoms with Gasteiger partial charge in [-0.3, -0.25) is 0 Å². The summed E-state index contributed by atoms with van der Waals surface area (Å²) < 4.78 is 1.22. The SMILES string of the molecule is Cc1cc(C)cc(NC(=S)Nc2ccc(-c3nc4ccc(C)cc4s3)cc2)c1. The number of aromatic nitrogens is 1. The summed E-state index contributed by atoms with van der Waals surface area (Å²) in [6, 6.07) is 20.9. The summed E-state index contributed by atoms with van der Waals surface area (Å²) in [5.41, 5.74) is 7.77. The van der Waals surface area contributed by atoms with Crippen molar-refractivity contribution in [3.63, 3.8) is 0 Å². The zero-order valence-corrected chi connectivity index (χ0v) is 17.7. The Labute approximate surface area is 174 Å². The summed E-state index contributed by atoms with van der Waals surface area (Å²) in [4.78, 5) is 4.75. The molecule has 2 N–H and O–H groups in total. The molecule has 0 aliphatic carbocycles. The number of hydrogen-bond acceptors (Lipinski definition) is 3. The number of thiazole rings is 1. The van der Waals surface area contributed by atoms with Crippen LogP contribution in [0.15, 0.2) is 60.7 Å². The first-order valence-electron chi connectivity index (χ1n) is 9.10. The molecular weight excluding hydrogens is 382 g/mol. The number of hydrogen-bond donors (Lipinski definition) is 2. The number of nitrogens with zero attached hydrogens (tertiary/aromatic N) is 1. The van der Waals surface area contributed by atoms with Gasteiger partial charge in [-0.25, -0.2) is 4.98 Å². The van der Waals surface area contributed by atoms with E-state index in [0.29, 0.717) is 5.11 Å². The number of nitrogens with one attached hydrogen (secondary N) is 2. The van der Waals surface area contributed by atoms with Gasteiger partial charge in [-0.15, -0.1) is 11.3 Å².